The van der Waals surface area contributed by atoms with Crippen LogP contribution in [0.15, 0.2) is 23.5 Å². The highest BCUT2D eigenvalue weighted by Crippen LogP contribution is 2.10. The molecule has 0 aromatic rings. The molecule has 8 heteroatoms. The third-order valence-electron chi connectivity index (χ3n) is 3.13. The van der Waals surface area contributed by atoms with Gasteiger partial charge >= 0.3 is 18.0 Å². The third kappa shape index (κ3) is 5.94. The number of nitrogens with zero attached hydrogens (tertiary/aromatic N) is 1. The molecule has 0 aromatic heterocycles. The van der Waals surface area contributed by atoms with Gasteiger partial charge in [0.05, 0.1) is 19.8 Å². The van der Waals surface area contributed by atoms with Gasteiger partial charge in [-0.25, -0.2) is 14.4 Å². The van der Waals surface area contributed by atoms with E-state index in [4.69, 9.17) is 14.2 Å². The van der Waals surface area contributed by atoms with Crippen LogP contribution in [0.5, 0.6) is 0 Å². The summed E-state index contributed by atoms with van der Waals surface area (Å²) in [5, 5.41) is 2.91. The van der Waals surface area contributed by atoms with E-state index >= 15 is 0 Å². The lowest BCUT2D eigenvalue weighted by Crippen LogP contribution is -2.36. The minimum atomic E-state index is -0.743. The molecule has 24 heavy (non-hydrogen) atoms. The Morgan fingerprint density at radius 2 is 1.67 bits per heavy atom. The van der Waals surface area contributed by atoms with Gasteiger partial charge in [-0.05, 0) is 26.8 Å². The maximum absolute atomic E-state index is 11.8. The first-order valence-corrected chi connectivity index (χ1v) is 7.95. The highest BCUT2D eigenvalue weighted by Gasteiger charge is 2.22. The van der Waals surface area contributed by atoms with Gasteiger partial charge in [0.25, 0.3) is 0 Å². The van der Waals surface area contributed by atoms with Gasteiger partial charge in [-0.1, -0.05) is 0 Å². The SMILES string of the molecule is CCOC(=O)C(=CNC1=CCN(C(=O)OCC)CC1)C(=O)OCC. The van der Waals surface area contributed by atoms with Crippen molar-refractivity contribution in [1.29, 1.82) is 0 Å². The Bertz CT molecular complexity index is 507. The number of carbonyl (C=O) groups excluding carboxylic acids is 3. The largest absolute Gasteiger partial charge is 0.462 e. The minimum Gasteiger partial charge on any atom is -0.462 e. The maximum atomic E-state index is 11.8. The molecule has 1 rings (SSSR count). The molecule has 0 atom stereocenters. The van der Waals surface area contributed by atoms with Crippen molar-refractivity contribution in [1.82, 2.24) is 10.2 Å². The van der Waals surface area contributed by atoms with E-state index in [2.05, 4.69) is 5.32 Å². The number of amides is 1. The van der Waals surface area contributed by atoms with Crippen molar-refractivity contribution >= 4 is 18.0 Å². The fourth-order valence-corrected chi connectivity index (χ4v) is 1.96. The van der Waals surface area contributed by atoms with Crippen LogP contribution >= 0.6 is 0 Å². The van der Waals surface area contributed by atoms with Crippen LogP contribution in [0.25, 0.3) is 0 Å². The average molecular weight is 340 g/mol. The van der Waals surface area contributed by atoms with E-state index in [0.717, 1.165) is 5.70 Å². The van der Waals surface area contributed by atoms with Gasteiger partial charge in [-0.2, -0.15) is 0 Å². The number of hydrogen-bond acceptors (Lipinski definition) is 7. The summed E-state index contributed by atoms with van der Waals surface area (Å²) in [6.45, 7) is 6.59. The molecule has 1 aliphatic rings. The van der Waals surface area contributed by atoms with Crippen LogP contribution in [0.1, 0.15) is 27.2 Å². The van der Waals surface area contributed by atoms with Crippen molar-refractivity contribution in [3.63, 3.8) is 0 Å². The monoisotopic (exact) mass is 340 g/mol. The highest BCUT2D eigenvalue weighted by atomic mass is 16.6. The van der Waals surface area contributed by atoms with E-state index in [1.165, 1.54) is 6.20 Å². The summed E-state index contributed by atoms with van der Waals surface area (Å²) in [7, 11) is 0. The Morgan fingerprint density at radius 3 is 2.12 bits per heavy atom. The molecule has 0 aliphatic carbocycles. The Balaban J connectivity index is 2.71. The molecule has 1 heterocycles. The summed E-state index contributed by atoms with van der Waals surface area (Å²) in [4.78, 5) is 36.8. The molecule has 1 N–H and O–H groups in total. The summed E-state index contributed by atoms with van der Waals surface area (Å²) in [6.07, 6.45) is 3.27. The second-order valence-electron chi connectivity index (χ2n) is 4.77. The predicted molar refractivity (Wildman–Crippen MR) is 85.8 cm³/mol. The molecule has 0 saturated carbocycles. The highest BCUT2D eigenvalue weighted by molar-refractivity contribution is 6.13. The molecule has 0 spiro atoms. The molecule has 1 amide bonds. The van der Waals surface area contributed by atoms with Gasteiger partial charge in [0.15, 0.2) is 5.57 Å². The topological polar surface area (TPSA) is 94.2 Å². The van der Waals surface area contributed by atoms with Crippen LogP contribution in [-0.4, -0.2) is 55.8 Å². The summed E-state index contributed by atoms with van der Waals surface area (Å²) in [6, 6.07) is 0. The van der Waals surface area contributed by atoms with Crippen LogP contribution < -0.4 is 5.32 Å². The maximum Gasteiger partial charge on any atom is 0.410 e. The van der Waals surface area contributed by atoms with Gasteiger partial charge < -0.3 is 24.4 Å². The smallest absolute Gasteiger partial charge is 0.410 e. The molecule has 0 saturated heterocycles. The van der Waals surface area contributed by atoms with E-state index in [-0.39, 0.29) is 24.9 Å². The predicted octanol–water partition coefficient (Wildman–Crippen LogP) is 1.33. The molecular weight excluding hydrogens is 316 g/mol. The summed E-state index contributed by atoms with van der Waals surface area (Å²) in [5.41, 5.74) is 0.592. The van der Waals surface area contributed by atoms with Crippen LogP contribution in [0, 0.1) is 0 Å². The van der Waals surface area contributed by atoms with E-state index in [9.17, 15) is 14.4 Å². The van der Waals surface area contributed by atoms with Gasteiger partial charge in [0, 0.05) is 31.4 Å². The molecule has 8 nitrogen and oxygen atoms in total. The lowest BCUT2D eigenvalue weighted by molar-refractivity contribution is -0.146. The first-order valence-electron chi connectivity index (χ1n) is 7.95. The molecule has 0 unspecified atom stereocenters. The van der Waals surface area contributed by atoms with Crippen molar-refractivity contribution in [2.24, 2.45) is 0 Å². The van der Waals surface area contributed by atoms with Crippen molar-refractivity contribution < 1.29 is 28.6 Å². The first kappa shape index (κ1) is 19.5. The van der Waals surface area contributed by atoms with Crippen molar-refractivity contribution in [3.8, 4) is 0 Å². The lowest BCUT2D eigenvalue weighted by Gasteiger charge is -2.25. The van der Waals surface area contributed by atoms with Crippen molar-refractivity contribution in [3.05, 3.63) is 23.5 Å². The fraction of sp³-hybridized carbons (Fsp3) is 0.562. The Hall–Kier alpha value is -2.51. The summed E-state index contributed by atoms with van der Waals surface area (Å²) in [5.74, 6) is -1.49. The van der Waals surface area contributed by atoms with E-state index < -0.39 is 11.9 Å². The van der Waals surface area contributed by atoms with Crippen LogP contribution in [0.4, 0.5) is 4.79 Å². The lowest BCUT2D eigenvalue weighted by atomic mass is 10.2. The number of carbonyl (C=O) groups is 3. The van der Waals surface area contributed by atoms with Crippen molar-refractivity contribution in [2.75, 3.05) is 32.9 Å². The molecule has 0 fully saturated rings. The van der Waals surface area contributed by atoms with Crippen LogP contribution in [-0.2, 0) is 23.8 Å². The fourth-order valence-electron chi connectivity index (χ4n) is 1.96. The number of nitrogens with one attached hydrogen (secondary N) is 1. The van der Waals surface area contributed by atoms with E-state index in [0.29, 0.717) is 26.1 Å². The standard InChI is InChI=1S/C16H24N2O6/c1-4-22-14(19)13(15(20)23-5-2)11-17-12-7-9-18(10-8-12)16(21)24-6-3/h7,11,17H,4-6,8-10H2,1-3H3. The third-order valence-corrected chi connectivity index (χ3v) is 3.13. The summed E-state index contributed by atoms with van der Waals surface area (Å²) < 4.78 is 14.6. The van der Waals surface area contributed by atoms with Gasteiger partial charge in [0.1, 0.15) is 0 Å². The zero-order chi connectivity index (χ0) is 17.9. The minimum absolute atomic E-state index is 0.159. The normalized spacial score (nSPS) is 13.5. The second kappa shape index (κ2) is 10.3. The zero-order valence-corrected chi connectivity index (χ0v) is 14.3. The molecule has 0 aromatic carbocycles. The number of rotatable bonds is 7. The van der Waals surface area contributed by atoms with Gasteiger partial charge in [0.2, 0.25) is 0 Å². The molecule has 0 radical (unpaired) electrons. The van der Waals surface area contributed by atoms with Crippen molar-refractivity contribution in [2.45, 2.75) is 27.2 Å². The first-order chi connectivity index (χ1) is 11.5. The second-order valence-corrected chi connectivity index (χ2v) is 4.77. The number of esters is 2. The molecule has 0 bridgehead atoms. The summed E-state index contributed by atoms with van der Waals surface area (Å²) >= 11 is 0. The Labute approximate surface area is 141 Å². The van der Waals surface area contributed by atoms with Gasteiger partial charge in [-0.3, -0.25) is 0 Å². The van der Waals surface area contributed by atoms with E-state index in [1.54, 1.807) is 31.7 Å². The molecular formula is C16H24N2O6. The van der Waals surface area contributed by atoms with Gasteiger partial charge in [-0.15, -0.1) is 0 Å². The van der Waals surface area contributed by atoms with Crippen LogP contribution in [0.3, 0.4) is 0 Å². The average Bonchev–Trinajstić information content (AvgIpc) is 2.56. The Morgan fingerprint density at radius 1 is 1.08 bits per heavy atom. The van der Waals surface area contributed by atoms with Crippen LogP contribution in [0.2, 0.25) is 0 Å². The molecule has 1 aliphatic heterocycles. The number of ether oxygens (including phenoxy) is 3. The quantitative estimate of drug-likeness (QED) is 0.246. The molecule has 134 valence electrons. The van der Waals surface area contributed by atoms with E-state index in [1.807, 2.05) is 0 Å². The zero-order valence-electron chi connectivity index (χ0n) is 14.3. The number of hydrogen-bond donors (Lipinski definition) is 1. The Kier molecular flexibility index (Phi) is 8.38.